The lowest BCUT2D eigenvalue weighted by molar-refractivity contribution is -0.141. The molecule has 4 heteroatoms. The SMILES string of the molecule is NCC(Cc1ccccc1Cl)C(=O)O. The molecular weight excluding hydrogens is 202 g/mol. The van der Waals surface area contributed by atoms with Crippen molar-refractivity contribution in [2.24, 2.45) is 11.7 Å². The van der Waals surface area contributed by atoms with E-state index in [4.69, 9.17) is 22.4 Å². The van der Waals surface area contributed by atoms with Crippen LogP contribution in [0.3, 0.4) is 0 Å². The van der Waals surface area contributed by atoms with Gasteiger partial charge in [0.1, 0.15) is 0 Å². The zero-order chi connectivity index (χ0) is 10.6. The van der Waals surface area contributed by atoms with Crippen LogP contribution in [0, 0.1) is 5.92 Å². The van der Waals surface area contributed by atoms with Gasteiger partial charge >= 0.3 is 5.97 Å². The number of halogens is 1. The number of nitrogens with two attached hydrogens (primary N) is 1. The van der Waals surface area contributed by atoms with Gasteiger partial charge in [-0.2, -0.15) is 0 Å². The molecular formula is C10H12ClNO2. The van der Waals surface area contributed by atoms with Crippen molar-refractivity contribution >= 4 is 17.6 Å². The Balaban J connectivity index is 2.77. The Morgan fingerprint density at radius 1 is 1.50 bits per heavy atom. The van der Waals surface area contributed by atoms with Gasteiger partial charge in [-0.15, -0.1) is 0 Å². The highest BCUT2D eigenvalue weighted by Crippen LogP contribution is 2.18. The van der Waals surface area contributed by atoms with Crippen molar-refractivity contribution in [2.75, 3.05) is 6.54 Å². The second-order valence-electron chi connectivity index (χ2n) is 3.07. The molecule has 0 saturated heterocycles. The van der Waals surface area contributed by atoms with E-state index in [1.165, 1.54) is 0 Å². The molecule has 0 saturated carbocycles. The largest absolute Gasteiger partial charge is 0.481 e. The first-order chi connectivity index (χ1) is 6.65. The van der Waals surface area contributed by atoms with Crippen molar-refractivity contribution < 1.29 is 9.90 Å². The number of aliphatic carboxylic acids is 1. The van der Waals surface area contributed by atoms with E-state index >= 15 is 0 Å². The number of benzene rings is 1. The molecule has 0 amide bonds. The summed E-state index contributed by atoms with van der Waals surface area (Å²) in [6.45, 7) is 0.126. The zero-order valence-corrected chi connectivity index (χ0v) is 8.37. The van der Waals surface area contributed by atoms with Gasteiger partial charge in [0.25, 0.3) is 0 Å². The Hall–Kier alpha value is -1.06. The van der Waals surface area contributed by atoms with Crippen molar-refractivity contribution in [1.29, 1.82) is 0 Å². The fraction of sp³-hybridized carbons (Fsp3) is 0.300. The van der Waals surface area contributed by atoms with E-state index in [1.54, 1.807) is 6.07 Å². The van der Waals surface area contributed by atoms with Crippen LogP contribution in [0.15, 0.2) is 24.3 Å². The number of rotatable bonds is 4. The lowest BCUT2D eigenvalue weighted by Crippen LogP contribution is -2.25. The molecule has 1 rings (SSSR count). The summed E-state index contributed by atoms with van der Waals surface area (Å²) in [6.07, 6.45) is 0.380. The van der Waals surface area contributed by atoms with Gasteiger partial charge in [-0.05, 0) is 18.1 Å². The normalized spacial score (nSPS) is 12.4. The fourth-order valence-electron chi connectivity index (χ4n) is 1.20. The van der Waals surface area contributed by atoms with Crippen LogP contribution in [-0.4, -0.2) is 17.6 Å². The molecule has 0 aliphatic rings. The van der Waals surface area contributed by atoms with E-state index in [9.17, 15) is 4.79 Å². The van der Waals surface area contributed by atoms with Gasteiger partial charge < -0.3 is 10.8 Å². The number of carboxylic acids is 1. The minimum Gasteiger partial charge on any atom is -0.481 e. The van der Waals surface area contributed by atoms with Gasteiger partial charge in [0.05, 0.1) is 5.92 Å². The topological polar surface area (TPSA) is 63.3 Å². The molecule has 0 aliphatic heterocycles. The maximum absolute atomic E-state index is 10.7. The second-order valence-corrected chi connectivity index (χ2v) is 3.47. The lowest BCUT2D eigenvalue weighted by atomic mass is 10.00. The summed E-state index contributed by atoms with van der Waals surface area (Å²) in [5, 5.41) is 9.39. The van der Waals surface area contributed by atoms with Crippen molar-refractivity contribution in [1.82, 2.24) is 0 Å². The predicted octanol–water partition coefficient (Wildman–Crippen LogP) is 1.54. The fourth-order valence-corrected chi connectivity index (χ4v) is 1.41. The van der Waals surface area contributed by atoms with E-state index in [2.05, 4.69) is 0 Å². The van der Waals surface area contributed by atoms with Crippen molar-refractivity contribution in [3.05, 3.63) is 34.9 Å². The highest BCUT2D eigenvalue weighted by atomic mass is 35.5. The van der Waals surface area contributed by atoms with Gasteiger partial charge in [0.2, 0.25) is 0 Å². The van der Waals surface area contributed by atoms with Crippen LogP contribution in [0.2, 0.25) is 5.02 Å². The van der Waals surface area contributed by atoms with Crippen LogP contribution in [0.1, 0.15) is 5.56 Å². The monoisotopic (exact) mass is 213 g/mol. The highest BCUT2D eigenvalue weighted by molar-refractivity contribution is 6.31. The molecule has 14 heavy (non-hydrogen) atoms. The third-order valence-electron chi connectivity index (χ3n) is 2.06. The Bertz CT molecular complexity index is 328. The average Bonchev–Trinajstić information content (AvgIpc) is 2.16. The molecule has 0 spiro atoms. The van der Waals surface area contributed by atoms with E-state index in [0.717, 1.165) is 5.56 Å². The first-order valence-electron chi connectivity index (χ1n) is 4.31. The molecule has 0 aliphatic carbocycles. The smallest absolute Gasteiger partial charge is 0.308 e. The van der Waals surface area contributed by atoms with Crippen LogP contribution in [0.4, 0.5) is 0 Å². The summed E-state index contributed by atoms with van der Waals surface area (Å²) >= 11 is 5.90. The predicted molar refractivity (Wildman–Crippen MR) is 55.3 cm³/mol. The molecule has 0 aromatic heterocycles. The molecule has 3 nitrogen and oxygen atoms in total. The Kier molecular flexibility index (Phi) is 3.92. The van der Waals surface area contributed by atoms with Gasteiger partial charge in [-0.25, -0.2) is 0 Å². The maximum Gasteiger partial charge on any atom is 0.308 e. The first kappa shape index (κ1) is 11.0. The van der Waals surface area contributed by atoms with Crippen LogP contribution in [-0.2, 0) is 11.2 Å². The lowest BCUT2D eigenvalue weighted by Gasteiger charge is -2.10. The number of hydrogen-bond acceptors (Lipinski definition) is 2. The molecule has 1 unspecified atom stereocenters. The Labute approximate surface area is 87.5 Å². The van der Waals surface area contributed by atoms with Crippen LogP contribution in [0.25, 0.3) is 0 Å². The number of carboxylic acid groups (broad SMARTS) is 1. The molecule has 0 radical (unpaired) electrons. The molecule has 76 valence electrons. The van der Waals surface area contributed by atoms with Gasteiger partial charge in [-0.3, -0.25) is 4.79 Å². The Morgan fingerprint density at radius 3 is 2.64 bits per heavy atom. The molecule has 0 bridgehead atoms. The summed E-state index contributed by atoms with van der Waals surface area (Å²) in [6, 6.07) is 7.20. The highest BCUT2D eigenvalue weighted by Gasteiger charge is 2.16. The van der Waals surface area contributed by atoms with Crippen LogP contribution in [0.5, 0.6) is 0 Å². The summed E-state index contributed by atoms with van der Waals surface area (Å²) in [4.78, 5) is 10.7. The summed E-state index contributed by atoms with van der Waals surface area (Å²) in [5.41, 5.74) is 6.17. The van der Waals surface area contributed by atoms with Gasteiger partial charge in [-0.1, -0.05) is 29.8 Å². The quantitative estimate of drug-likeness (QED) is 0.798. The summed E-state index contributed by atoms with van der Waals surface area (Å²) in [5.74, 6) is -1.44. The van der Waals surface area contributed by atoms with Crippen molar-refractivity contribution in [3.63, 3.8) is 0 Å². The summed E-state index contributed by atoms with van der Waals surface area (Å²) < 4.78 is 0. The van der Waals surface area contributed by atoms with Crippen LogP contribution >= 0.6 is 11.6 Å². The third-order valence-corrected chi connectivity index (χ3v) is 2.43. The minimum absolute atomic E-state index is 0.126. The zero-order valence-electron chi connectivity index (χ0n) is 7.61. The molecule has 0 heterocycles. The minimum atomic E-state index is -0.882. The van der Waals surface area contributed by atoms with E-state index in [1.807, 2.05) is 18.2 Å². The van der Waals surface area contributed by atoms with E-state index < -0.39 is 11.9 Å². The van der Waals surface area contributed by atoms with E-state index in [0.29, 0.717) is 11.4 Å². The number of hydrogen-bond donors (Lipinski definition) is 2. The van der Waals surface area contributed by atoms with Crippen molar-refractivity contribution in [3.8, 4) is 0 Å². The summed E-state index contributed by atoms with van der Waals surface area (Å²) in [7, 11) is 0. The first-order valence-corrected chi connectivity index (χ1v) is 4.69. The van der Waals surface area contributed by atoms with E-state index in [-0.39, 0.29) is 6.54 Å². The standard InChI is InChI=1S/C10H12ClNO2/c11-9-4-2-1-3-7(9)5-8(6-12)10(13)14/h1-4,8H,5-6,12H2,(H,13,14). The van der Waals surface area contributed by atoms with Crippen LogP contribution < -0.4 is 5.73 Å². The Morgan fingerprint density at radius 2 is 2.14 bits per heavy atom. The van der Waals surface area contributed by atoms with Gasteiger partial charge in [0.15, 0.2) is 0 Å². The molecule has 1 atom stereocenters. The third kappa shape index (κ3) is 2.72. The molecule has 1 aromatic carbocycles. The molecule has 1 aromatic rings. The molecule has 0 fully saturated rings. The van der Waals surface area contributed by atoms with Gasteiger partial charge in [0, 0.05) is 11.6 Å². The average molecular weight is 214 g/mol. The second kappa shape index (κ2) is 4.98. The van der Waals surface area contributed by atoms with Crippen molar-refractivity contribution in [2.45, 2.75) is 6.42 Å². The maximum atomic E-state index is 10.7. The molecule has 3 N–H and O–H groups in total. The number of carbonyl (C=O) groups is 1.